The number of hydrogen-bond donors (Lipinski definition) is 2. The quantitative estimate of drug-likeness (QED) is 0.282. The SMILES string of the molecule is C=CC([CH2-])=NC=[C-]NC(C)c1cccc(NC(=C)c2cncc(C3CCC3)c2)c1.[K+]. The van der Waals surface area contributed by atoms with Crippen molar-refractivity contribution in [2.75, 3.05) is 5.32 Å². The predicted molar refractivity (Wildman–Crippen MR) is 122 cm³/mol. The Morgan fingerprint density at radius 2 is 2.13 bits per heavy atom. The van der Waals surface area contributed by atoms with Gasteiger partial charge in [-0.15, -0.1) is 11.9 Å². The molecule has 5 heteroatoms. The molecule has 30 heavy (non-hydrogen) atoms. The first-order valence-corrected chi connectivity index (χ1v) is 9.93. The van der Waals surface area contributed by atoms with E-state index in [1.807, 2.05) is 24.5 Å². The van der Waals surface area contributed by atoms with Gasteiger partial charge in [-0.1, -0.05) is 25.1 Å². The molecule has 150 valence electrons. The molecule has 1 aliphatic carbocycles. The largest absolute Gasteiger partial charge is 1.00 e. The van der Waals surface area contributed by atoms with Crippen LogP contribution < -0.4 is 62.0 Å². The summed E-state index contributed by atoms with van der Waals surface area (Å²) >= 11 is 0. The molecule has 0 aliphatic heterocycles. The van der Waals surface area contributed by atoms with Crippen LogP contribution >= 0.6 is 0 Å². The van der Waals surface area contributed by atoms with Gasteiger partial charge in [0, 0.05) is 35.4 Å². The summed E-state index contributed by atoms with van der Waals surface area (Å²) in [6.45, 7) is 13.6. The van der Waals surface area contributed by atoms with E-state index in [-0.39, 0.29) is 57.4 Å². The molecule has 1 fully saturated rings. The van der Waals surface area contributed by atoms with Crippen LogP contribution in [-0.2, 0) is 0 Å². The molecule has 1 heterocycles. The van der Waals surface area contributed by atoms with E-state index in [1.54, 1.807) is 12.3 Å². The summed E-state index contributed by atoms with van der Waals surface area (Å²) in [5, 5.41) is 6.60. The van der Waals surface area contributed by atoms with E-state index in [2.05, 4.69) is 72.0 Å². The minimum Gasteiger partial charge on any atom is -0.560 e. The molecule has 3 rings (SSSR count). The Kier molecular flexibility index (Phi) is 10.1. The fraction of sp³-hybridized carbons (Fsp3) is 0.240. The van der Waals surface area contributed by atoms with Gasteiger partial charge in [-0.2, -0.15) is 12.7 Å². The monoisotopic (exact) mass is 423 g/mol. The maximum Gasteiger partial charge on any atom is 1.00 e. The predicted octanol–water partition coefficient (Wildman–Crippen LogP) is 2.82. The number of pyridine rings is 1. The Hall–Kier alpha value is -1.63. The van der Waals surface area contributed by atoms with Gasteiger partial charge in [0.15, 0.2) is 0 Å². The number of allylic oxidation sites excluding steroid dienone is 1. The summed E-state index contributed by atoms with van der Waals surface area (Å²) in [4.78, 5) is 8.50. The van der Waals surface area contributed by atoms with Gasteiger partial charge in [0.05, 0.1) is 0 Å². The molecule has 0 saturated heterocycles. The Balaban J connectivity index is 0.00000320. The normalized spacial score (nSPS) is 15.0. The third-order valence-electron chi connectivity index (χ3n) is 5.20. The Bertz CT molecular complexity index is 928. The zero-order valence-electron chi connectivity index (χ0n) is 18.0. The summed E-state index contributed by atoms with van der Waals surface area (Å²) in [5.41, 5.74) is 5.93. The molecule has 0 spiro atoms. The molecule has 1 saturated carbocycles. The van der Waals surface area contributed by atoms with Crippen LogP contribution in [0.15, 0.2) is 73.2 Å². The van der Waals surface area contributed by atoms with Gasteiger partial charge >= 0.3 is 51.4 Å². The zero-order valence-corrected chi connectivity index (χ0v) is 21.1. The Morgan fingerprint density at radius 3 is 2.83 bits per heavy atom. The van der Waals surface area contributed by atoms with Crippen LogP contribution in [0.4, 0.5) is 5.69 Å². The minimum absolute atomic E-state index is 0. The van der Waals surface area contributed by atoms with Crippen molar-refractivity contribution >= 4 is 17.1 Å². The van der Waals surface area contributed by atoms with E-state index in [9.17, 15) is 0 Å². The number of nitrogens with zero attached hydrogens (tertiary/aromatic N) is 2. The summed E-state index contributed by atoms with van der Waals surface area (Å²) in [6.07, 6.45) is 13.8. The molecule has 4 nitrogen and oxygen atoms in total. The molecule has 1 aromatic heterocycles. The second kappa shape index (κ2) is 12.3. The molecule has 2 aromatic rings. The van der Waals surface area contributed by atoms with Gasteiger partial charge in [-0.05, 0) is 55.0 Å². The van der Waals surface area contributed by atoms with Gasteiger partial charge in [-0.3, -0.25) is 4.98 Å². The van der Waals surface area contributed by atoms with Crippen molar-refractivity contribution in [3.8, 4) is 0 Å². The summed E-state index contributed by atoms with van der Waals surface area (Å²) in [6, 6.07) is 10.5. The smallest absolute Gasteiger partial charge is 0.560 e. The fourth-order valence-electron chi connectivity index (χ4n) is 3.13. The Labute approximate surface area is 223 Å². The molecule has 1 atom stereocenters. The van der Waals surface area contributed by atoms with E-state index in [1.165, 1.54) is 24.8 Å². The first-order valence-electron chi connectivity index (χ1n) is 9.93. The molecule has 0 amide bonds. The maximum atomic E-state index is 4.41. The number of hydrogen-bond acceptors (Lipinski definition) is 4. The Morgan fingerprint density at radius 1 is 1.33 bits per heavy atom. The standard InChI is InChI=1S/C25H28N4.K/c1-5-18(2)27-12-13-28-19(3)22-10-7-11-25(15-22)29-20(4)23-14-24(17-26-16-23)21-8-6-9-21;/h5,7,10-12,14-17,19,21,28-29H,1-2,4,6,8-9H2,3H3;/q-2;+1. The second-order valence-corrected chi connectivity index (χ2v) is 7.33. The zero-order chi connectivity index (χ0) is 20.6. The van der Waals surface area contributed by atoms with Crippen LogP contribution in [0.1, 0.15) is 54.8 Å². The van der Waals surface area contributed by atoms with Crippen molar-refractivity contribution < 1.29 is 51.4 Å². The van der Waals surface area contributed by atoms with Crippen LogP contribution in [0.2, 0.25) is 0 Å². The number of anilines is 1. The van der Waals surface area contributed by atoms with Gasteiger partial charge in [0.1, 0.15) is 0 Å². The average Bonchev–Trinajstić information content (AvgIpc) is 2.70. The van der Waals surface area contributed by atoms with Crippen molar-refractivity contribution in [3.05, 3.63) is 98.0 Å². The first-order chi connectivity index (χ1) is 14.1. The van der Waals surface area contributed by atoms with Crippen LogP contribution in [0.3, 0.4) is 0 Å². The van der Waals surface area contributed by atoms with Gasteiger partial charge < -0.3 is 21.8 Å². The van der Waals surface area contributed by atoms with Gasteiger partial charge in [0.25, 0.3) is 0 Å². The molecule has 2 N–H and O–H groups in total. The number of rotatable bonds is 9. The van der Waals surface area contributed by atoms with Gasteiger partial charge in [0.2, 0.25) is 0 Å². The van der Waals surface area contributed by atoms with Crippen LogP contribution in [0, 0.1) is 13.1 Å². The molecule has 0 radical (unpaired) electrons. The van der Waals surface area contributed by atoms with Crippen molar-refractivity contribution in [1.82, 2.24) is 10.3 Å². The average molecular weight is 424 g/mol. The number of aliphatic imine (C=N–C) groups is 1. The van der Waals surface area contributed by atoms with Crippen LogP contribution in [-0.4, -0.2) is 10.7 Å². The summed E-state index contributed by atoms with van der Waals surface area (Å²) in [7, 11) is 0. The molecule has 0 bridgehead atoms. The topological polar surface area (TPSA) is 49.3 Å². The van der Waals surface area contributed by atoms with E-state index in [4.69, 9.17) is 0 Å². The molecule has 1 aromatic carbocycles. The van der Waals surface area contributed by atoms with Crippen molar-refractivity contribution in [2.24, 2.45) is 4.99 Å². The van der Waals surface area contributed by atoms with E-state index >= 15 is 0 Å². The maximum absolute atomic E-state index is 4.41. The molecular formula is C25H28KN4-. The number of aromatic nitrogens is 1. The third kappa shape index (κ3) is 6.96. The second-order valence-electron chi connectivity index (χ2n) is 7.33. The number of benzene rings is 1. The van der Waals surface area contributed by atoms with Crippen molar-refractivity contribution in [1.29, 1.82) is 0 Å². The fourth-order valence-corrected chi connectivity index (χ4v) is 3.13. The minimum atomic E-state index is 0. The first kappa shape index (κ1) is 24.6. The summed E-state index contributed by atoms with van der Waals surface area (Å²) < 4.78 is 0. The van der Waals surface area contributed by atoms with E-state index in [0.717, 1.165) is 22.5 Å². The van der Waals surface area contributed by atoms with Crippen molar-refractivity contribution in [3.63, 3.8) is 0 Å². The molecule has 1 unspecified atom stereocenters. The molecular weight excluding hydrogens is 395 g/mol. The molecule has 1 aliphatic rings. The summed E-state index contributed by atoms with van der Waals surface area (Å²) in [5.74, 6) is 0.658. The van der Waals surface area contributed by atoms with Crippen molar-refractivity contribution in [2.45, 2.75) is 38.1 Å². The van der Waals surface area contributed by atoms with Crippen LogP contribution in [0.5, 0.6) is 0 Å². The van der Waals surface area contributed by atoms with E-state index in [0.29, 0.717) is 11.6 Å². The van der Waals surface area contributed by atoms with Crippen LogP contribution in [0.25, 0.3) is 5.70 Å². The number of nitrogens with one attached hydrogen (secondary N) is 2. The van der Waals surface area contributed by atoms with Gasteiger partial charge in [-0.25, -0.2) is 6.92 Å². The third-order valence-corrected chi connectivity index (χ3v) is 5.20. The van der Waals surface area contributed by atoms with E-state index < -0.39 is 0 Å².